The molecule has 0 radical (unpaired) electrons. The van der Waals surface area contributed by atoms with Gasteiger partial charge in [-0.15, -0.1) is 0 Å². The number of nitrogens with one attached hydrogen (secondary N) is 8. The lowest BCUT2D eigenvalue weighted by molar-refractivity contribution is -0.145. The fraction of sp³-hybridized carbons (Fsp3) is 0.537. The Morgan fingerprint density at radius 1 is 0.720 bits per heavy atom. The molecule has 0 aliphatic carbocycles. The van der Waals surface area contributed by atoms with Gasteiger partial charge in [0, 0.05) is 62.6 Å². The van der Waals surface area contributed by atoms with Gasteiger partial charge in [0.15, 0.2) is 0 Å². The van der Waals surface area contributed by atoms with Gasteiger partial charge in [-0.2, -0.15) is 0 Å². The van der Waals surface area contributed by atoms with Crippen molar-refractivity contribution in [2.24, 2.45) is 23.5 Å². The predicted molar refractivity (Wildman–Crippen MR) is 281 cm³/mol. The zero-order valence-electron chi connectivity index (χ0n) is 44.2. The minimum Gasteiger partial charge on any atom is -0.467 e. The molecule has 0 saturated carbocycles. The molecule has 0 bridgehead atoms. The predicted octanol–water partition coefficient (Wildman–Crippen LogP) is 1.39. The molecule has 2 aromatic heterocycles. The first kappa shape index (κ1) is 58.9. The Hall–Kier alpha value is -6.97. The number of benzene rings is 2. The van der Waals surface area contributed by atoms with E-state index in [-0.39, 0.29) is 50.0 Å². The summed E-state index contributed by atoms with van der Waals surface area (Å²) in [4.78, 5) is 113. The number of H-pyrrole nitrogens is 2. The number of methoxy groups -OCH3 is 1. The molecular weight excluding hydrogens is 961 g/mol. The normalized spacial score (nSPS) is 17.1. The SMILES string of the molecule is CCC(C)C(NC(=O)C(NCC(O)C(CC(C)C)NC(=O)C(Cc1cnc[nH]1)NC(=O)C(Cc1ccccc1)NC(=O)C1CCCN1C(=O)C(N)Cc1cnc[nH]1)C(C)C)C(=O)NC(Cc1ccccc1)C(=O)OC. The number of carbonyl (C=O) groups excluding carboxylic acids is 7. The lowest BCUT2D eigenvalue weighted by Crippen LogP contribution is -2.60. The van der Waals surface area contributed by atoms with E-state index in [4.69, 9.17) is 10.5 Å². The molecule has 10 atom stereocenters. The largest absolute Gasteiger partial charge is 0.467 e. The highest BCUT2D eigenvalue weighted by atomic mass is 16.5. The van der Waals surface area contributed by atoms with Crippen LogP contribution < -0.4 is 37.6 Å². The van der Waals surface area contributed by atoms with Gasteiger partial charge in [0.1, 0.15) is 30.2 Å². The van der Waals surface area contributed by atoms with Crippen LogP contribution in [0.5, 0.6) is 0 Å². The highest BCUT2D eigenvalue weighted by Gasteiger charge is 2.39. The zero-order valence-corrected chi connectivity index (χ0v) is 44.2. The number of nitrogens with two attached hydrogens (primary N) is 1. The number of aliphatic hydroxyl groups is 1. The quantitative estimate of drug-likeness (QED) is 0.0345. The zero-order chi connectivity index (χ0) is 54.6. The molecule has 10 unspecified atom stereocenters. The molecule has 4 aromatic rings. The lowest BCUT2D eigenvalue weighted by Gasteiger charge is -2.32. The average molecular weight is 1040 g/mol. The first-order valence-corrected chi connectivity index (χ1v) is 26.0. The van der Waals surface area contributed by atoms with E-state index in [1.807, 2.05) is 102 Å². The van der Waals surface area contributed by atoms with Crippen LogP contribution in [0.4, 0.5) is 0 Å². The van der Waals surface area contributed by atoms with Crippen LogP contribution in [-0.4, -0.2) is 146 Å². The number of hydrogen-bond acceptors (Lipinski definition) is 13. The van der Waals surface area contributed by atoms with E-state index in [0.717, 1.165) is 11.1 Å². The molecule has 1 aliphatic rings. The van der Waals surface area contributed by atoms with Crippen LogP contribution in [0.2, 0.25) is 0 Å². The summed E-state index contributed by atoms with van der Waals surface area (Å²) < 4.78 is 5.01. The van der Waals surface area contributed by atoms with E-state index >= 15 is 0 Å². The Morgan fingerprint density at radius 2 is 1.27 bits per heavy atom. The molecule has 1 aliphatic heterocycles. The standard InChI is InChI=1S/C54H78N12O9/c1-8-34(6)47(52(72)64-43(54(74)75-7)24-36-18-13-10-14-19-36)65-51(71)46(33(4)5)58-29-45(67)40(22-32(2)3)61-49(69)42(26-38-28-57-31-60-38)62-48(68)41(23-35-16-11-9-12-17-35)63-50(70)44-20-15-21-66(44)53(73)39(55)25-37-27-56-30-59-37/h9-14,16-19,27-28,30-34,39-47,58,67H,8,15,20-26,29,55H2,1-7H3,(H,56,59)(H,57,60)(H,61,69)(H,62,68)(H,63,70)(H,64,72)(H,65,71). The maximum atomic E-state index is 14.5. The van der Waals surface area contributed by atoms with Crippen molar-refractivity contribution >= 4 is 41.4 Å². The Balaban J connectivity index is 1.29. The van der Waals surface area contributed by atoms with Crippen LogP contribution in [0, 0.1) is 17.8 Å². The topological polar surface area (TPSA) is 308 Å². The van der Waals surface area contributed by atoms with Crippen molar-refractivity contribution in [3.05, 3.63) is 108 Å². The number of aromatic amines is 2. The molecule has 2 aromatic carbocycles. The van der Waals surface area contributed by atoms with E-state index in [1.165, 1.54) is 30.9 Å². The van der Waals surface area contributed by atoms with Crippen molar-refractivity contribution in [1.82, 2.24) is 56.7 Å². The van der Waals surface area contributed by atoms with Crippen molar-refractivity contribution in [2.75, 3.05) is 20.2 Å². The number of carbonyl (C=O) groups is 7. The first-order chi connectivity index (χ1) is 35.9. The van der Waals surface area contributed by atoms with Gasteiger partial charge in [-0.1, -0.05) is 109 Å². The smallest absolute Gasteiger partial charge is 0.328 e. The van der Waals surface area contributed by atoms with E-state index in [9.17, 15) is 38.7 Å². The Morgan fingerprint density at radius 3 is 1.81 bits per heavy atom. The second-order valence-corrected chi connectivity index (χ2v) is 20.3. The summed E-state index contributed by atoms with van der Waals surface area (Å²) in [5, 5.41) is 29.4. The number of esters is 1. The molecule has 1 saturated heterocycles. The van der Waals surface area contributed by atoms with Crippen molar-refractivity contribution < 1.29 is 43.4 Å². The lowest BCUT2D eigenvalue weighted by atomic mass is 9.95. The van der Waals surface area contributed by atoms with Crippen LogP contribution in [0.25, 0.3) is 0 Å². The molecule has 1 fully saturated rings. The number of rotatable bonds is 29. The van der Waals surface area contributed by atoms with Crippen molar-refractivity contribution in [1.29, 1.82) is 0 Å². The first-order valence-electron chi connectivity index (χ1n) is 26.0. The molecule has 75 heavy (non-hydrogen) atoms. The molecule has 21 heteroatoms. The fourth-order valence-corrected chi connectivity index (χ4v) is 9.18. The summed E-state index contributed by atoms with van der Waals surface area (Å²) in [5.41, 5.74) is 9.06. The highest BCUT2D eigenvalue weighted by Crippen LogP contribution is 2.20. The van der Waals surface area contributed by atoms with Gasteiger partial charge >= 0.3 is 5.97 Å². The number of amides is 6. The fourth-order valence-electron chi connectivity index (χ4n) is 9.18. The number of nitrogens with zero attached hydrogens (tertiary/aromatic N) is 3. The van der Waals surface area contributed by atoms with Crippen molar-refractivity contribution in [3.8, 4) is 0 Å². The van der Waals surface area contributed by atoms with E-state index in [0.29, 0.717) is 43.6 Å². The van der Waals surface area contributed by atoms with Crippen LogP contribution in [-0.2, 0) is 64.0 Å². The minimum absolute atomic E-state index is 0.0205. The van der Waals surface area contributed by atoms with Crippen LogP contribution in [0.1, 0.15) is 89.7 Å². The number of aromatic nitrogens is 4. The van der Waals surface area contributed by atoms with Gasteiger partial charge in [-0.05, 0) is 48.1 Å². The molecule has 3 heterocycles. The number of hydrogen-bond donors (Lipinski definition) is 10. The molecule has 5 rings (SSSR count). The summed E-state index contributed by atoms with van der Waals surface area (Å²) in [7, 11) is 1.25. The van der Waals surface area contributed by atoms with Crippen LogP contribution in [0.15, 0.2) is 85.7 Å². The van der Waals surface area contributed by atoms with Crippen molar-refractivity contribution in [2.45, 2.75) is 147 Å². The molecular formula is C54H78N12O9. The number of ether oxygens (including phenoxy) is 1. The monoisotopic (exact) mass is 1040 g/mol. The minimum atomic E-state index is -1.24. The Kier molecular flexibility index (Phi) is 22.9. The van der Waals surface area contributed by atoms with Gasteiger partial charge in [0.2, 0.25) is 35.4 Å². The Labute approximate surface area is 439 Å². The summed E-state index contributed by atoms with van der Waals surface area (Å²) >= 11 is 0. The molecule has 6 amide bonds. The van der Waals surface area contributed by atoms with Crippen LogP contribution >= 0.6 is 0 Å². The number of aliphatic hydroxyl groups excluding tert-OH is 1. The third-order valence-electron chi connectivity index (χ3n) is 13.6. The third kappa shape index (κ3) is 17.8. The van der Waals surface area contributed by atoms with Gasteiger partial charge < -0.3 is 62.3 Å². The molecule has 0 spiro atoms. The summed E-state index contributed by atoms with van der Waals surface area (Å²) in [6.45, 7) is 11.4. The maximum absolute atomic E-state index is 14.5. The highest BCUT2D eigenvalue weighted by molar-refractivity contribution is 5.96. The van der Waals surface area contributed by atoms with E-state index in [2.05, 4.69) is 51.8 Å². The van der Waals surface area contributed by atoms with Gasteiger partial charge in [-0.3, -0.25) is 28.8 Å². The third-order valence-corrected chi connectivity index (χ3v) is 13.6. The number of imidazole rings is 2. The van der Waals surface area contributed by atoms with Gasteiger partial charge in [0.05, 0.1) is 44.0 Å². The average Bonchev–Trinajstić information content (AvgIpc) is 4.22. The van der Waals surface area contributed by atoms with E-state index < -0.39 is 95.9 Å². The van der Waals surface area contributed by atoms with Gasteiger partial charge in [0.25, 0.3) is 0 Å². The molecule has 11 N–H and O–H groups in total. The molecule has 21 nitrogen and oxygen atoms in total. The van der Waals surface area contributed by atoms with Crippen LogP contribution in [0.3, 0.4) is 0 Å². The number of likely N-dealkylation sites (tertiary alicyclic amines) is 1. The second kappa shape index (κ2) is 29.2. The second-order valence-electron chi connectivity index (χ2n) is 20.3. The van der Waals surface area contributed by atoms with E-state index in [1.54, 1.807) is 6.20 Å². The molecule has 408 valence electrons. The summed E-state index contributed by atoms with van der Waals surface area (Å²) in [6.07, 6.45) is 6.98. The van der Waals surface area contributed by atoms with Crippen molar-refractivity contribution in [3.63, 3.8) is 0 Å². The summed E-state index contributed by atoms with van der Waals surface area (Å²) in [6, 6.07) is 10.3. The summed E-state index contributed by atoms with van der Waals surface area (Å²) in [5.74, 6) is -4.57. The maximum Gasteiger partial charge on any atom is 0.328 e. The van der Waals surface area contributed by atoms with Gasteiger partial charge in [-0.25, -0.2) is 14.8 Å². The Bertz CT molecular complexity index is 2420.